The highest BCUT2D eigenvalue weighted by Gasteiger charge is 2.18. The van der Waals surface area contributed by atoms with Crippen molar-refractivity contribution in [1.29, 1.82) is 0 Å². The topological polar surface area (TPSA) is 56.1 Å². The van der Waals surface area contributed by atoms with E-state index in [0.29, 0.717) is 0 Å². The van der Waals surface area contributed by atoms with E-state index in [0.717, 1.165) is 22.3 Å². The molecule has 0 aliphatic rings. The van der Waals surface area contributed by atoms with Crippen LogP contribution in [0, 0.1) is 13.8 Å². The second-order valence-electron chi connectivity index (χ2n) is 6.33. The Morgan fingerprint density at radius 1 is 1.15 bits per heavy atom. The Kier molecular flexibility index (Phi) is 5.86. The van der Waals surface area contributed by atoms with E-state index in [-0.39, 0.29) is 11.2 Å². The number of ether oxygens (including phenoxy) is 1. The summed E-state index contributed by atoms with van der Waals surface area (Å²) >= 11 is 1.43. The number of rotatable bonds is 6. The number of methoxy groups -OCH3 is 1. The molecule has 0 radical (unpaired) electrons. The minimum absolute atomic E-state index is 0.0696. The van der Waals surface area contributed by atoms with Crippen molar-refractivity contribution in [3.63, 3.8) is 0 Å². The molecule has 2 aromatic carbocycles. The second kappa shape index (κ2) is 8.31. The summed E-state index contributed by atoms with van der Waals surface area (Å²) in [6.45, 7) is 6.06. The normalized spacial score (nSPS) is 11.9. The van der Waals surface area contributed by atoms with Crippen LogP contribution in [0.5, 0.6) is 5.75 Å². The number of carbonyl (C=O) groups is 1. The number of aromatic nitrogens is 2. The Hall–Kier alpha value is -2.73. The van der Waals surface area contributed by atoms with Crippen LogP contribution in [0.4, 0.5) is 5.69 Å². The predicted molar refractivity (Wildman–Crippen MR) is 110 cm³/mol. The van der Waals surface area contributed by atoms with Gasteiger partial charge in [-0.3, -0.25) is 9.36 Å². The summed E-state index contributed by atoms with van der Waals surface area (Å²) in [5, 5.41) is 3.42. The highest BCUT2D eigenvalue weighted by atomic mass is 32.2. The molecule has 0 saturated heterocycles. The van der Waals surface area contributed by atoms with E-state index in [1.807, 2.05) is 42.0 Å². The van der Waals surface area contributed by atoms with Crippen molar-refractivity contribution >= 4 is 23.4 Å². The van der Waals surface area contributed by atoms with E-state index in [2.05, 4.69) is 42.3 Å². The van der Waals surface area contributed by atoms with E-state index in [1.165, 1.54) is 22.9 Å². The first-order chi connectivity index (χ1) is 13.0. The predicted octanol–water partition coefficient (Wildman–Crippen LogP) is 4.62. The Bertz CT molecular complexity index is 935. The van der Waals surface area contributed by atoms with Gasteiger partial charge in [0.1, 0.15) is 5.75 Å². The van der Waals surface area contributed by atoms with Gasteiger partial charge in [-0.1, -0.05) is 17.8 Å². The lowest BCUT2D eigenvalue weighted by molar-refractivity contribution is -0.115. The summed E-state index contributed by atoms with van der Waals surface area (Å²) in [5.41, 5.74) is 4.26. The van der Waals surface area contributed by atoms with Crippen LogP contribution in [-0.2, 0) is 4.79 Å². The fraction of sp³-hybridized carbons (Fsp3) is 0.238. The molecular formula is C21H23N3O2S. The molecule has 0 bridgehead atoms. The highest BCUT2D eigenvalue weighted by molar-refractivity contribution is 8.00. The fourth-order valence-electron chi connectivity index (χ4n) is 2.58. The van der Waals surface area contributed by atoms with Crippen LogP contribution in [0.25, 0.3) is 5.69 Å². The molecule has 1 unspecified atom stereocenters. The van der Waals surface area contributed by atoms with Gasteiger partial charge in [0.05, 0.1) is 12.4 Å². The molecule has 140 valence electrons. The molecular weight excluding hydrogens is 358 g/mol. The maximum atomic E-state index is 12.5. The average Bonchev–Trinajstić information content (AvgIpc) is 3.12. The van der Waals surface area contributed by atoms with Gasteiger partial charge >= 0.3 is 0 Å². The van der Waals surface area contributed by atoms with Gasteiger partial charge in [0.25, 0.3) is 0 Å². The number of aryl methyl sites for hydroxylation is 2. The molecule has 0 aliphatic heterocycles. The number of amides is 1. The van der Waals surface area contributed by atoms with Crippen LogP contribution in [0.2, 0.25) is 0 Å². The largest absolute Gasteiger partial charge is 0.497 e. The Morgan fingerprint density at radius 3 is 2.56 bits per heavy atom. The second-order valence-corrected chi connectivity index (χ2v) is 7.63. The summed E-state index contributed by atoms with van der Waals surface area (Å²) in [4.78, 5) is 17.0. The third kappa shape index (κ3) is 4.52. The van der Waals surface area contributed by atoms with Gasteiger partial charge in [-0.05, 0) is 68.3 Å². The minimum atomic E-state index is -0.292. The lowest BCUT2D eigenvalue weighted by atomic mass is 10.1. The van der Waals surface area contributed by atoms with Gasteiger partial charge in [-0.2, -0.15) is 0 Å². The molecule has 5 nitrogen and oxygen atoms in total. The molecule has 1 heterocycles. The van der Waals surface area contributed by atoms with Crippen molar-refractivity contribution in [2.24, 2.45) is 0 Å². The molecule has 1 amide bonds. The number of anilines is 1. The van der Waals surface area contributed by atoms with E-state index in [9.17, 15) is 4.79 Å². The fourth-order valence-corrected chi connectivity index (χ4v) is 3.46. The maximum Gasteiger partial charge on any atom is 0.237 e. The molecule has 0 aliphatic carbocycles. The van der Waals surface area contributed by atoms with Gasteiger partial charge in [0, 0.05) is 23.8 Å². The highest BCUT2D eigenvalue weighted by Crippen LogP contribution is 2.26. The van der Waals surface area contributed by atoms with Crippen LogP contribution < -0.4 is 10.1 Å². The monoisotopic (exact) mass is 381 g/mol. The van der Waals surface area contributed by atoms with Gasteiger partial charge in [0.15, 0.2) is 5.16 Å². The zero-order chi connectivity index (χ0) is 19.4. The van der Waals surface area contributed by atoms with E-state index >= 15 is 0 Å². The zero-order valence-corrected chi connectivity index (χ0v) is 16.7. The first-order valence-electron chi connectivity index (χ1n) is 8.70. The summed E-state index contributed by atoms with van der Waals surface area (Å²) in [6.07, 6.45) is 3.67. The molecule has 27 heavy (non-hydrogen) atoms. The number of nitrogens with zero attached hydrogens (tertiary/aromatic N) is 2. The molecule has 1 atom stereocenters. The molecule has 0 saturated carbocycles. The molecule has 6 heteroatoms. The van der Waals surface area contributed by atoms with Crippen LogP contribution in [0.15, 0.2) is 60.0 Å². The van der Waals surface area contributed by atoms with Crippen molar-refractivity contribution in [2.45, 2.75) is 31.2 Å². The summed E-state index contributed by atoms with van der Waals surface area (Å²) in [5.74, 6) is 0.686. The number of carbonyl (C=O) groups excluding carboxylic acids is 1. The SMILES string of the molecule is COc1ccc(NC(=O)C(C)Sc2nccn2-c2ccc(C)c(C)c2)cc1. The van der Waals surface area contributed by atoms with Crippen LogP contribution >= 0.6 is 11.8 Å². The maximum absolute atomic E-state index is 12.5. The first kappa shape index (κ1) is 19.0. The van der Waals surface area contributed by atoms with Gasteiger partial charge in [-0.25, -0.2) is 4.98 Å². The molecule has 3 rings (SSSR count). The van der Waals surface area contributed by atoms with Crippen LogP contribution in [-0.4, -0.2) is 27.8 Å². The number of imidazole rings is 1. The van der Waals surface area contributed by atoms with Gasteiger partial charge in [-0.15, -0.1) is 0 Å². The Morgan fingerprint density at radius 2 is 1.89 bits per heavy atom. The smallest absolute Gasteiger partial charge is 0.237 e. The van der Waals surface area contributed by atoms with Crippen molar-refractivity contribution in [1.82, 2.24) is 9.55 Å². The lowest BCUT2D eigenvalue weighted by Gasteiger charge is -2.14. The van der Waals surface area contributed by atoms with Crippen molar-refractivity contribution in [3.8, 4) is 11.4 Å². The Balaban J connectivity index is 1.70. The third-order valence-electron chi connectivity index (χ3n) is 4.38. The molecule has 1 N–H and O–H groups in total. The summed E-state index contributed by atoms with van der Waals surface area (Å²) in [6, 6.07) is 13.6. The first-order valence-corrected chi connectivity index (χ1v) is 9.58. The minimum Gasteiger partial charge on any atom is -0.497 e. The summed E-state index contributed by atoms with van der Waals surface area (Å²) in [7, 11) is 1.62. The lowest BCUT2D eigenvalue weighted by Crippen LogP contribution is -2.22. The molecule has 1 aromatic heterocycles. The van der Waals surface area contributed by atoms with Crippen molar-refractivity contribution < 1.29 is 9.53 Å². The Labute approximate surface area is 163 Å². The van der Waals surface area contributed by atoms with E-state index in [4.69, 9.17) is 4.74 Å². The third-order valence-corrected chi connectivity index (χ3v) is 5.46. The number of hydrogen-bond donors (Lipinski definition) is 1. The summed E-state index contributed by atoms with van der Waals surface area (Å²) < 4.78 is 7.14. The molecule has 0 fully saturated rings. The van der Waals surface area contributed by atoms with E-state index in [1.54, 1.807) is 13.3 Å². The average molecular weight is 382 g/mol. The standard InChI is InChI=1S/C21H23N3O2S/c1-14-5-8-18(13-15(14)2)24-12-11-22-21(24)27-16(3)20(25)23-17-6-9-19(26-4)10-7-17/h5-13,16H,1-4H3,(H,23,25). The number of thioether (sulfide) groups is 1. The van der Waals surface area contributed by atoms with Crippen molar-refractivity contribution in [2.75, 3.05) is 12.4 Å². The molecule has 0 spiro atoms. The quantitative estimate of drug-likeness (QED) is 0.633. The number of benzene rings is 2. The van der Waals surface area contributed by atoms with Crippen LogP contribution in [0.3, 0.4) is 0 Å². The van der Waals surface area contributed by atoms with Crippen LogP contribution in [0.1, 0.15) is 18.1 Å². The van der Waals surface area contributed by atoms with E-state index < -0.39 is 0 Å². The number of nitrogens with one attached hydrogen (secondary N) is 1. The van der Waals surface area contributed by atoms with Gasteiger partial charge < -0.3 is 10.1 Å². The zero-order valence-electron chi connectivity index (χ0n) is 15.9. The van der Waals surface area contributed by atoms with Gasteiger partial charge in [0.2, 0.25) is 5.91 Å². The number of hydrogen-bond acceptors (Lipinski definition) is 4. The van der Waals surface area contributed by atoms with Crippen molar-refractivity contribution in [3.05, 3.63) is 66.0 Å². The molecule has 3 aromatic rings.